The quantitative estimate of drug-likeness (QED) is 0.759. The molecule has 0 saturated heterocycles. The van der Waals surface area contributed by atoms with E-state index in [0.717, 1.165) is 12.8 Å². The molecule has 1 aromatic carbocycles. The first kappa shape index (κ1) is 19.4. The minimum atomic E-state index is -3.68. The van der Waals surface area contributed by atoms with Crippen LogP contribution in [0.1, 0.15) is 50.9 Å². The average molecular weight is 342 g/mol. The Kier molecular flexibility index (Phi) is 7.02. The van der Waals surface area contributed by atoms with E-state index in [1.807, 2.05) is 27.7 Å². The summed E-state index contributed by atoms with van der Waals surface area (Å²) in [5, 5.41) is 2.74. The molecule has 0 aliphatic rings. The van der Waals surface area contributed by atoms with Crippen molar-refractivity contribution in [3.8, 4) is 5.75 Å². The average Bonchev–Trinajstić information content (AvgIpc) is 2.45. The molecule has 7 heteroatoms. The lowest BCUT2D eigenvalue weighted by Crippen LogP contribution is -2.33. The fourth-order valence-electron chi connectivity index (χ4n) is 2.20. The Hall–Kier alpha value is -1.60. The van der Waals surface area contributed by atoms with E-state index in [4.69, 9.17) is 4.74 Å². The van der Waals surface area contributed by atoms with Crippen LogP contribution in [-0.4, -0.2) is 33.5 Å². The summed E-state index contributed by atoms with van der Waals surface area (Å²) in [5.41, 5.74) is 0.201. The molecule has 130 valence electrons. The molecular formula is C16H26N2O4S. The van der Waals surface area contributed by atoms with Crippen LogP contribution in [0.5, 0.6) is 5.75 Å². The summed E-state index contributed by atoms with van der Waals surface area (Å²) in [7, 11) is -2.24. The van der Waals surface area contributed by atoms with Crippen LogP contribution < -0.4 is 14.8 Å². The maximum Gasteiger partial charge on any atom is 0.255 e. The van der Waals surface area contributed by atoms with Gasteiger partial charge in [-0.2, -0.15) is 0 Å². The predicted molar refractivity (Wildman–Crippen MR) is 90.3 cm³/mol. The normalized spacial score (nSPS) is 13.0. The highest BCUT2D eigenvalue weighted by Gasteiger charge is 2.21. The highest BCUT2D eigenvalue weighted by atomic mass is 32.2. The smallest absolute Gasteiger partial charge is 0.255 e. The summed E-state index contributed by atoms with van der Waals surface area (Å²) in [6.45, 7) is 7.47. The molecule has 1 atom stereocenters. The highest BCUT2D eigenvalue weighted by molar-refractivity contribution is 7.89. The Morgan fingerprint density at radius 2 is 1.91 bits per heavy atom. The molecule has 0 saturated carbocycles. The molecule has 0 heterocycles. The van der Waals surface area contributed by atoms with Crippen LogP contribution in [0, 0.1) is 0 Å². The van der Waals surface area contributed by atoms with Gasteiger partial charge in [0.15, 0.2) is 0 Å². The Balaban J connectivity index is 3.16. The van der Waals surface area contributed by atoms with E-state index >= 15 is 0 Å². The summed E-state index contributed by atoms with van der Waals surface area (Å²) in [6, 6.07) is 4.05. The zero-order chi connectivity index (χ0) is 17.6. The lowest BCUT2D eigenvalue weighted by molar-refractivity contribution is 0.0940. The topological polar surface area (TPSA) is 84.5 Å². The number of rotatable bonds is 8. The van der Waals surface area contributed by atoms with Crippen molar-refractivity contribution in [2.45, 2.75) is 57.5 Å². The number of sulfonamides is 1. The van der Waals surface area contributed by atoms with E-state index in [9.17, 15) is 13.2 Å². The second-order valence-electron chi connectivity index (χ2n) is 5.80. The minimum absolute atomic E-state index is 0.0511. The van der Waals surface area contributed by atoms with Crippen LogP contribution in [0.3, 0.4) is 0 Å². The number of hydrogen-bond acceptors (Lipinski definition) is 4. The number of hydrogen-bond donors (Lipinski definition) is 2. The fourth-order valence-corrected chi connectivity index (χ4v) is 3.50. The van der Waals surface area contributed by atoms with Gasteiger partial charge in [-0.3, -0.25) is 4.79 Å². The first-order valence-corrected chi connectivity index (χ1v) is 9.20. The van der Waals surface area contributed by atoms with E-state index < -0.39 is 10.0 Å². The van der Waals surface area contributed by atoms with Gasteiger partial charge < -0.3 is 10.1 Å². The van der Waals surface area contributed by atoms with Gasteiger partial charge in [-0.25, -0.2) is 13.1 Å². The van der Waals surface area contributed by atoms with Gasteiger partial charge in [0.25, 0.3) is 5.91 Å². The van der Waals surface area contributed by atoms with E-state index in [1.165, 1.54) is 25.3 Å². The van der Waals surface area contributed by atoms with Gasteiger partial charge >= 0.3 is 0 Å². The fraction of sp³-hybridized carbons (Fsp3) is 0.562. The molecule has 1 rings (SSSR count). The van der Waals surface area contributed by atoms with Gasteiger partial charge in [-0.15, -0.1) is 0 Å². The van der Waals surface area contributed by atoms with Gasteiger partial charge in [0.2, 0.25) is 10.0 Å². The van der Waals surface area contributed by atoms with E-state index in [0.29, 0.717) is 5.75 Å². The Labute approximate surface area is 138 Å². The van der Waals surface area contributed by atoms with Crippen molar-refractivity contribution in [2.24, 2.45) is 0 Å². The van der Waals surface area contributed by atoms with Crippen LogP contribution in [0.25, 0.3) is 0 Å². The van der Waals surface area contributed by atoms with Gasteiger partial charge in [-0.1, -0.05) is 13.3 Å². The van der Waals surface area contributed by atoms with Gasteiger partial charge in [0.1, 0.15) is 5.75 Å². The van der Waals surface area contributed by atoms with E-state index in [1.54, 1.807) is 0 Å². The molecule has 0 radical (unpaired) electrons. The number of carbonyl (C=O) groups excluding carboxylic acids is 1. The number of methoxy groups -OCH3 is 1. The van der Waals surface area contributed by atoms with Crippen LogP contribution in [0.2, 0.25) is 0 Å². The third kappa shape index (κ3) is 5.51. The van der Waals surface area contributed by atoms with Crippen molar-refractivity contribution in [2.75, 3.05) is 7.11 Å². The van der Waals surface area contributed by atoms with E-state index in [2.05, 4.69) is 10.0 Å². The Bertz CT molecular complexity index is 641. The highest BCUT2D eigenvalue weighted by Crippen LogP contribution is 2.23. The minimum Gasteiger partial charge on any atom is -0.496 e. The standard InChI is InChI=1S/C16H26N2O4S/c1-6-7-12(4)18-23(20,21)13-8-9-15(22-5)14(10-13)16(19)17-11(2)3/h8-12,18H,6-7H2,1-5H3,(H,17,19). The van der Waals surface area contributed by atoms with Crippen molar-refractivity contribution in [1.29, 1.82) is 0 Å². The van der Waals surface area contributed by atoms with Crippen molar-refractivity contribution in [3.63, 3.8) is 0 Å². The first-order chi connectivity index (χ1) is 10.7. The maximum absolute atomic E-state index is 12.4. The Morgan fingerprint density at radius 1 is 1.26 bits per heavy atom. The second-order valence-corrected chi connectivity index (χ2v) is 7.52. The summed E-state index contributed by atoms with van der Waals surface area (Å²) < 4.78 is 32.6. The van der Waals surface area contributed by atoms with Crippen molar-refractivity contribution >= 4 is 15.9 Å². The summed E-state index contributed by atoms with van der Waals surface area (Å²) in [5.74, 6) is -0.0285. The number of nitrogens with one attached hydrogen (secondary N) is 2. The van der Waals surface area contributed by atoms with Gasteiger partial charge in [0.05, 0.1) is 17.6 Å². The molecule has 0 fully saturated rings. The van der Waals surface area contributed by atoms with Gasteiger partial charge in [-0.05, 0) is 45.4 Å². The molecule has 23 heavy (non-hydrogen) atoms. The molecule has 2 N–H and O–H groups in total. The molecule has 0 spiro atoms. The lowest BCUT2D eigenvalue weighted by atomic mass is 10.2. The molecule has 0 aliphatic heterocycles. The van der Waals surface area contributed by atoms with Crippen LogP contribution in [0.15, 0.2) is 23.1 Å². The lowest BCUT2D eigenvalue weighted by Gasteiger charge is -2.16. The van der Waals surface area contributed by atoms with E-state index in [-0.39, 0.29) is 28.4 Å². The third-order valence-electron chi connectivity index (χ3n) is 3.22. The maximum atomic E-state index is 12.4. The molecular weight excluding hydrogens is 316 g/mol. The number of amides is 1. The molecule has 1 unspecified atom stereocenters. The van der Waals surface area contributed by atoms with Crippen LogP contribution in [0.4, 0.5) is 0 Å². The summed E-state index contributed by atoms with van der Waals surface area (Å²) >= 11 is 0. The van der Waals surface area contributed by atoms with Crippen molar-refractivity contribution in [3.05, 3.63) is 23.8 Å². The van der Waals surface area contributed by atoms with Crippen LogP contribution in [-0.2, 0) is 10.0 Å². The molecule has 1 amide bonds. The molecule has 0 aliphatic carbocycles. The largest absolute Gasteiger partial charge is 0.496 e. The third-order valence-corrected chi connectivity index (χ3v) is 4.81. The molecule has 1 aromatic rings. The summed E-state index contributed by atoms with van der Waals surface area (Å²) in [4.78, 5) is 12.3. The monoisotopic (exact) mass is 342 g/mol. The predicted octanol–water partition coefficient (Wildman–Crippen LogP) is 2.30. The molecule has 0 aromatic heterocycles. The Morgan fingerprint density at radius 3 is 2.43 bits per heavy atom. The molecule has 6 nitrogen and oxygen atoms in total. The number of carbonyl (C=O) groups is 1. The first-order valence-electron chi connectivity index (χ1n) is 7.72. The SMILES string of the molecule is CCCC(C)NS(=O)(=O)c1ccc(OC)c(C(=O)NC(C)C)c1. The number of ether oxygens (including phenoxy) is 1. The molecule has 0 bridgehead atoms. The second kappa shape index (κ2) is 8.31. The van der Waals surface area contributed by atoms with Gasteiger partial charge in [0, 0.05) is 12.1 Å². The zero-order valence-electron chi connectivity index (χ0n) is 14.3. The van der Waals surface area contributed by atoms with Crippen molar-refractivity contribution in [1.82, 2.24) is 10.0 Å². The zero-order valence-corrected chi connectivity index (χ0v) is 15.2. The summed E-state index contributed by atoms with van der Waals surface area (Å²) in [6.07, 6.45) is 1.63. The van der Waals surface area contributed by atoms with Crippen molar-refractivity contribution < 1.29 is 17.9 Å². The van der Waals surface area contributed by atoms with Crippen LogP contribution >= 0.6 is 0 Å². The number of benzene rings is 1.